The second kappa shape index (κ2) is 3.96. The predicted octanol–water partition coefficient (Wildman–Crippen LogP) is 2.88. The molecular formula is C8H7BrF2O. The van der Waals surface area contributed by atoms with E-state index in [4.69, 9.17) is 5.11 Å². The standard InChI is InChI=1S/C8H7BrF2O/c9-7-3-1-2-5(8(10)11)6(7)4-12/h1-3,8,12H,4H2. The highest BCUT2D eigenvalue weighted by Gasteiger charge is 2.13. The molecule has 0 aliphatic rings. The molecule has 0 aliphatic carbocycles. The Morgan fingerprint density at radius 2 is 2.08 bits per heavy atom. The van der Waals surface area contributed by atoms with Crippen LogP contribution in [-0.2, 0) is 6.61 Å². The van der Waals surface area contributed by atoms with E-state index in [1.165, 1.54) is 12.1 Å². The molecule has 0 saturated heterocycles. The first-order chi connectivity index (χ1) is 5.66. The van der Waals surface area contributed by atoms with Crippen LogP contribution < -0.4 is 0 Å². The number of aliphatic hydroxyl groups excluding tert-OH is 1. The second-order valence-corrected chi connectivity index (χ2v) is 3.12. The van der Waals surface area contributed by atoms with Crippen LogP contribution >= 0.6 is 15.9 Å². The summed E-state index contributed by atoms with van der Waals surface area (Å²) >= 11 is 3.08. The molecule has 0 saturated carbocycles. The van der Waals surface area contributed by atoms with E-state index in [0.717, 1.165) is 0 Å². The van der Waals surface area contributed by atoms with E-state index in [-0.39, 0.29) is 17.7 Å². The van der Waals surface area contributed by atoms with Crippen LogP contribution in [0.4, 0.5) is 8.78 Å². The fourth-order valence-electron chi connectivity index (χ4n) is 0.947. The first-order valence-corrected chi connectivity index (χ1v) is 4.12. The lowest BCUT2D eigenvalue weighted by Gasteiger charge is -2.07. The zero-order chi connectivity index (χ0) is 9.14. The van der Waals surface area contributed by atoms with Gasteiger partial charge in [-0.2, -0.15) is 0 Å². The highest BCUT2D eigenvalue weighted by molar-refractivity contribution is 9.10. The monoisotopic (exact) mass is 236 g/mol. The summed E-state index contributed by atoms with van der Waals surface area (Å²) < 4.78 is 25.0. The number of aliphatic hydroxyl groups is 1. The van der Waals surface area contributed by atoms with Crippen LogP contribution in [0.1, 0.15) is 17.6 Å². The van der Waals surface area contributed by atoms with Crippen LogP contribution in [0.2, 0.25) is 0 Å². The molecule has 4 heteroatoms. The van der Waals surface area contributed by atoms with Crippen molar-refractivity contribution in [3.8, 4) is 0 Å². The van der Waals surface area contributed by atoms with E-state index >= 15 is 0 Å². The van der Waals surface area contributed by atoms with Crippen LogP contribution in [-0.4, -0.2) is 5.11 Å². The van der Waals surface area contributed by atoms with Crippen molar-refractivity contribution in [2.24, 2.45) is 0 Å². The maximum absolute atomic E-state index is 12.3. The fraction of sp³-hybridized carbons (Fsp3) is 0.250. The molecule has 0 radical (unpaired) electrons. The molecule has 0 aromatic heterocycles. The predicted molar refractivity (Wildman–Crippen MR) is 45.0 cm³/mol. The SMILES string of the molecule is OCc1c(Br)cccc1C(F)F. The molecule has 1 rings (SSSR count). The number of halogens is 3. The maximum Gasteiger partial charge on any atom is 0.264 e. The molecule has 1 aromatic rings. The van der Waals surface area contributed by atoms with Gasteiger partial charge in [0, 0.05) is 15.6 Å². The van der Waals surface area contributed by atoms with Gasteiger partial charge >= 0.3 is 0 Å². The molecule has 1 nitrogen and oxygen atoms in total. The van der Waals surface area contributed by atoms with Crippen molar-refractivity contribution < 1.29 is 13.9 Å². The molecule has 12 heavy (non-hydrogen) atoms. The van der Waals surface area contributed by atoms with E-state index in [0.29, 0.717) is 4.47 Å². The van der Waals surface area contributed by atoms with Crippen molar-refractivity contribution in [1.82, 2.24) is 0 Å². The molecule has 0 atom stereocenters. The van der Waals surface area contributed by atoms with Crippen molar-refractivity contribution in [1.29, 1.82) is 0 Å². The average Bonchev–Trinajstić information content (AvgIpc) is 2.03. The van der Waals surface area contributed by atoms with Crippen molar-refractivity contribution in [2.75, 3.05) is 0 Å². The number of hydrogen-bond acceptors (Lipinski definition) is 1. The number of rotatable bonds is 2. The minimum atomic E-state index is -2.54. The third-order valence-electron chi connectivity index (χ3n) is 1.55. The van der Waals surface area contributed by atoms with Gasteiger partial charge in [0.1, 0.15) is 0 Å². The molecule has 1 N–H and O–H groups in total. The largest absolute Gasteiger partial charge is 0.392 e. The Balaban J connectivity index is 3.18. The summed E-state index contributed by atoms with van der Waals surface area (Å²) in [6.45, 7) is -0.374. The van der Waals surface area contributed by atoms with Gasteiger partial charge in [-0.05, 0) is 6.07 Å². The van der Waals surface area contributed by atoms with Gasteiger partial charge in [-0.15, -0.1) is 0 Å². The highest BCUT2D eigenvalue weighted by atomic mass is 79.9. The van der Waals surface area contributed by atoms with Gasteiger partial charge in [-0.3, -0.25) is 0 Å². The molecule has 0 spiro atoms. The zero-order valence-corrected chi connectivity index (χ0v) is 7.68. The number of hydrogen-bond donors (Lipinski definition) is 1. The van der Waals surface area contributed by atoms with Crippen LogP contribution in [0, 0.1) is 0 Å². The highest BCUT2D eigenvalue weighted by Crippen LogP contribution is 2.28. The summed E-state index contributed by atoms with van der Waals surface area (Å²) in [6, 6.07) is 4.45. The summed E-state index contributed by atoms with van der Waals surface area (Å²) in [5, 5.41) is 8.78. The molecule has 66 valence electrons. The van der Waals surface area contributed by atoms with Gasteiger partial charge in [-0.1, -0.05) is 28.1 Å². The van der Waals surface area contributed by atoms with E-state index in [1.807, 2.05) is 0 Å². The first-order valence-electron chi connectivity index (χ1n) is 3.33. The van der Waals surface area contributed by atoms with Gasteiger partial charge in [-0.25, -0.2) is 8.78 Å². The number of benzene rings is 1. The molecule has 0 heterocycles. The Kier molecular flexibility index (Phi) is 3.17. The molecule has 0 fully saturated rings. The van der Waals surface area contributed by atoms with Gasteiger partial charge in [0.05, 0.1) is 6.61 Å². The van der Waals surface area contributed by atoms with Crippen molar-refractivity contribution in [3.63, 3.8) is 0 Å². The van der Waals surface area contributed by atoms with Gasteiger partial charge in [0.2, 0.25) is 0 Å². The van der Waals surface area contributed by atoms with E-state index in [1.54, 1.807) is 6.07 Å². The van der Waals surface area contributed by atoms with Crippen molar-refractivity contribution >= 4 is 15.9 Å². The molecular weight excluding hydrogens is 230 g/mol. The average molecular weight is 237 g/mol. The molecule has 0 bridgehead atoms. The van der Waals surface area contributed by atoms with Crippen molar-refractivity contribution in [3.05, 3.63) is 33.8 Å². The third kappa shape index (κ3) is 1.81. The minimum Gasteiger partial charge on any atom is -0.392 e. The van der Waals surface area contributed by atoms with E-state index in [9.17, 15) is 8.78 Å². The van der Waals surface area contributed by atoms with E-state index in [2.05, 4.69) is 15.9 Å². The lowest BCUT2D eigenvalue weighted by Crippen LogP contribution is -1.95. The molecule has 0 aliphatic heterocycles. The quantitative estimate of drug-likeness (QED) is 0.838. The zero-order valence-electron chi connectivity index (χ0n) is 6.10. The normalized spacial score (nSPS) is 10.8. The van der Waals surface area contributed by atoms with Gasteiger partial charge < -0.3 is 5.11 Å². The maximum atomic E-state index is 12.3. The van der Waals surface area contributed by atoms with Gasteiger partial charge in [0.25, 0.3) is 6.43 Å². The summed E-state index contributed by atoms with van der Waals surface area (Å²) in [4.78, 5) is 0. The van der Waals surface area contributed by atoms with Crippen LogP contribution in [0.15, 0.2) is 22.7 Å². The summed E-state index contributed by atoms with van der Waals surface area (Å²) in [6.07, 6.45) is -2.54. The van der Waals surface area contributed by atoms with Gasteiger partial charge in [0.15, 0.2) is 0 Å². The summed E-state index contributed by atoms with van der Waals surface area (Å²) in [5.74, 6) is 0. The molecule has 0 unspecified atom stereocenters. The Hall–Kier alpha value is -0.480. The second-order valence-electron chi connectivity index (χ2n) is 2.27. The third-order valence-corrected chi connectivity index (χ3v) is 2.29. The topological polar surface area (TPSA) is 20.2 Å². The lowest BCUT2D eigenvalue weighted by atomic mass is 10.1. The Morgan fingerprint density at radius 1 is 1.42 bits per heavy atom. The molecule has 0 amide bonds. The molecule has 1 aromatic carbocycles. The lowest BCUT2D eigenvalue weighted by molar-refractivity contribution is 0.147. The van der Waals surface area contributed by atoms with Crippen LogP contribution in [0.3, 0.4) is 0 Å². The van der Waals surface area contributed by atoms with Crippen LogP contribution in [0.25, 0.3) is 0 Å². The van der Waals surface area contributed by atoms with E-state index < -0.39 is 6.43 Å². The smallest absolute Gasteiger partial charge is 0.264 e. The number of alkyl halides is 2. The fourth-order valence-corrected chi connectivity index (χ4v) is 1.45. The first kappa shape index (κ1) is 9.61. The van der Waals surface area contributed by atoms with Crippen LogP contribution in [0.5, 0.6) is 0 Å². The Bertz CT molecular complexity index is 276. The summed E-state index contributed by atoms with van der Waals surface area (Å²) in [5.41, 5.74) is 0.138. The summed E-state index contributed by atoms with van der Waals surface area (Å²) in [7, 11) is 0. The minimum absolute atomic E-state index is 0.119. The Labute approximate surface area is 77.2 Å². The Morgan fingerprint density at radius 3 is 2.50 bits per heavy atom. The van der Waals surface area contributed by atoms with Crippen molar-refractivity contribution in [2.45, 2.75) is 13.0 Å².